The lowest BCUT2D eigenvalue weighted by atomic mass is 10.0. The van der Waals surface area contributed by atoms with Crippen LogP contribution in [0.25, 0.3) is 22.2 Å². The first-order valence-corrected chi connectivity index (χ1v) is 12.7. The largest absolute Gasteiger partial charge is 0.354 e. The summed E-state index contributed by atoms with van der Waals surface area (Å²) >= 11 is 0. The van der Waals surface area contributed by atoms with Crippen molar-refractivity contribution in [3.05, 3.63) is 84.1 Å². The van der Waals surface area contributed by atoms with Crippen molar-refractivity contribution in [1.29, 1.82) is 0 Å². The number of benzene rings is 3. The Hall–Kier alpha value is -3.93. The van der Waals surface area contributed by atoms with Crippen LogP contribution < -0.4 is 10.2 Å². The molecule has 0 spiro atoms. The third kappa shape index (κ3) is 4.89. The molecule has 1 saturated heterocycles. The second-order valence-corrected chi connectivity index (χ2v) is 9.68. The van der Waals surface area contributed by atoms with Gasteiger partial charge in [0.1, 0.15) is 5.82 Å². The Labute approximate surface area is 213 Å². The third-order valence-electron chi connectivity index (χ3n) is 6.84. The number of aryl methyl sites for hydroxylation is 1. The van der Waals surface area contributed by atoms with Crippen molar-refractivity contribution in [1.82, 2.24) is 14.9 Å². The second kappa shape index (κ2) is 10.4. The molecule has 0 saturated carbocycles. The molecule has 2 heterocycles. The lowest BCUT2D eigenvalue weighted by Crippen LogP contribution is -2.38. The van der Waals surface area contributed by atoms with Crippen LogP contribution in [-0.4, -0.2) is 47.1 Å². The molecule has 0 aliphatic carbocycles. The highest BCUT2D eigenvalue weighted by Crippen LogP contribution is 2.31. The summed E-state index contributed by atoms with van der Waals surface area (Å²) in [6, 6.07) is 24.2. The van der Waals surface area contributed by atoms with Gasteiger partial charge in [0.2, 0.25) is 0 Å². The number of urea groups is 1. The molecule has 184 valence electrons. The molecule has 3 aromatic carbocycles. The number of hydrogen-bond donors (Lipinski definition) is 1. The van der Waals surface area contributed by atoms with Gasteiger partial charge >= 0.3 is 6.03 Å². The molecule has 1 N–H and O–H groups in total. The third-order valence-corrected chi connectivity index (χ3v) is 6.84. The van der Waals surface area contributed by atoms with E-state index < -0.39 is 0 Å². The second-order valence-electron chi connectivity index (χ2n) is 9.68. The lowest BCUT2D eigenvalue weighted by Gasteiger charge is -2.27. The average Bonchev–Trinajstić information content (AvgIpc) is 3.15. The molecule has 0 unspecified atom stereocenters. The van der Waals surface area contributed by atoms with Crippen molar-refractivity contribution >= 4 is 28.3 Å². The Balaban J connectivity index is 1.37. The first kappa shape index (κ1) is 23.8. The van der Waals surface area contributed by atoms with Gasteiger partial charge in [-0.25, -0.2) is 14.8 Å². The van der Waals surface area contributed by atoms with Crippen molar-refractivity contribution in [3.8, 4) is 11.4 Å². The van der Waals surface area contributed by atoms with E-state index in [0.717, 1.165) is 58.9 Å². The first-order valence-electron chi connectivity index (χ1n) is 12.7. The Morgan fingerprint density at radius 1 is 0.861 bits per heavy atom. The molecule has 0 radical (unpaired) electrons. The van der Waals surface area contributed by atoms with E-state index >= 15 is 0 Å². The summed E-state index contributed by atoms with van der Waals surface area (Å²) in [4.78, 5) is 27.4. The van der Waals surface area contributed by atoms with Crippen LogP contribution in [0, 0.1) is 6.92 Å². The fourth-order valence-corrected chi connectivity index (χ4v) is 5.06. The number of rotatable bonds is 4. The van der Waals surface area contributed by atoms with Crippen LogP contribution in [0.2, 0.25) is 0 Å². The fourth-order valence-electron chi connectivity index (χ4n) is 5.06. The zero-order valence-electron chi connectivity index (χ0n) is 21.2. The van der Waals surface area contributed by atoms with Gasteiger partial charge in [-0.15, -0.1) is 0 Å². The topological polar surface area (TPSA) is 61.4 Å². The maximum absolute atomic E-state index is 13.2. The summed E-state index contributed by atoms with van der Waals surface area (Å²) in [6.07, 6.45) is 0.879. The number of hydrogen-bond acceptors (Lipinski definition) is 4. The summed E-state index contributed by atoms with van der Waals surface area (Å²) in [5.74, 6) is 2.05. The summed E-state index contributed by atoms with van der Waals surface area (Å²) in [5.41, 5.74) is 4.07. The van der Waals surface area contributed by atoms with Crippen LogP contribution in [0.5, 0.6) is 0 Å². The van der Waals surface area contributed by atoms with Crippen LogP contribution in [0.1, 0.15) is 37.4 Å². The number of nitrogens with zero attached hydrogens (tertiary/aromatic N) is 4. The summed E-state index contributed by atoms with van der Waals surface area (Å²) in [7, 11) is 0. The van der Waals surface area contributed by atoms with E-state index in [0.29, 0.717) is 19.0 Å². The Kier molecular flexibility index (Phi) is 6.85. The minimum absolute atomic E-state index is 0.0545. The van der Waals surface area contributed by atoms with Gasteiger partial charge in [-0.1, -0.05) is 80.6 Å². The molecule has 0 bridgehead atoms. The van der Waals surface area contributed by atoms with Crippen molar-refractivity contribution in [2.75, 3.05) is 36.4 Å². The van der Waals surface area contributed by atoms with E-state index in [-0.39, 0.29) is 6.03 Å². The molecule has 1 fully saturated rings. The Morgan fingerprint density at radius 3 is 2.42 bits per heavy atom. The highest BCUT2D eigenvalue weighted by Gasteiger charge is 2.25. The standard InChI is InChI=1S/C30H33N5O/c1-21(2)27-22(3)31-28(24-12-5-4-6-13-24)33-29(27)34-17-10-18-35(20-19-34)30(36)32-26-16-9-14-23-11-7-8-15-25(23)26/h4-9,11-16,21H,10,17-20H2,1-3H3,(H,32,36). The summed E-state index contributed by atoms with van der Waals surface area (Å²) in [6.45, 7) is 9.39. The molecule has 2 amide bonds. The van der Waals surface area contributed by atoms with Crippen LogP contribution in [0.4, 0.5) is 16.3 Å². The van der Waals surface area contributed by atoms with Gasteiger partial charge < -0.3 is 15.1 Å². The normalized spacial score (nSPS) is 14.2. The van der Waals surface area contributed by atoms with Gasteiger partial charge in [-0.05, 0) is 30.7 Å². The number of nitrogens with one attached hydrogen (secondary N) is 1. The SMILES string of the molecule is Cc1nc(-c2ccccc2)nc(N2CCCN(C(=O)Nc3cccc4ccccc34)CC2)c1C(C)C. The van der Waals surface area contributed by atoms with Gasteiger partial charge in [-0.2, -0.15) is 0 Å². The molecular weight excluding hydrogens is 446 g/mol. The molecule has 1 aromatic heterocycles. The quantitative estimate of drug-likeness (QED) is 0.364. The maximum atomic E-state index is 13.2. The van der Waals surface area contributed by atoms with Crippen LogP contribution in [0.15, 0.2) is 72.8 Å². The molecule has 4 aromatic rings. The van der Waals surface area contributed by atoms with E-state index in [4.69, 9.17) is 9.97 Å². The molecule has 5 rings (SSSR count). The number of aromatic nitrogens is 2. The molecule has 6 heteroatoms. The smallest absolute Gasteiger partial charge is 0.321 e. The van der Waals surface area contributed by atoms with Crippen molar-refractivity contribution < 1.29 is 4.79 Å². The maximum Gasteiger partial charge on any atom is 0.321 e. The summed E-state index contributed by atoms with van der Waals surface area (Å²) < 4.78 is 0. The molecule has 0 atom stereocenters. The first-order chi connectivity index (χ1) is 17.5. The zero-order valence-corrected chi connectivity index (χ0v) is 21.2. The van der Waals surface area contributed by atoms with E-state index in [2.05, 4.69) is 55.3 Å². The van der Waals surface area contributed by atoms with E-state index in [9.17, 15) is 4.79 Å². The Morgan fingerprint density at radius 2 is 1.61 bits per heavy atom. The number of carbonyl (C=O) groups excluding carboxylic acids is 1. The molecule has 1 aliphatic rings. The van der Waals surface area contributed by atoms with Gasteiger partial charge in [0.15, 0.2) is 5.82 Å². The predicted octanol–water partition coefficient (Wildman–Crippen LogP) is 6.47. The van der Waals surface area contributed by atoms with Crippen LogP contribution in [0.3, 0.4) is 0 Å². The Bertz CT molecular complexity index is 1360. The van der Waals surface area contributed by atoms with Crippen molar-refractivity contribution in [3.63, 3.8) is 0 Å². The average molecular weight is 480 g/mol. The minimum Gasteiger partial charge on any atom is -0.354 e. The highest BCUT2D eigenvalue weighted by molar-refractivity contribution is 6.01. The van der Waals surface area contributed by atoms with E-state index in [1.807, 2.05) is 53.4 Å². The number of amides is 2. The molecule has 6 nitrogen and oxygen atoms in total. The van der Waals surface area contributed by atoms with Crippen LogP contribution in [-0.2, 0) is 0 Å². The van der Waals surface area contributed by atoms with Gasteiger partial charge in [0, 0.05) is 48.4 Å². The van der Waals surface area contributed by atoms with Crippen molar-refractivity contribution in [2.45, 2.75) is 33.1 Å². The van der Waals surface area contributed by atoms with Crippen molar-refractivity contribution in [2.24, 2.45) is 0 Å². The van der Waals surface area contributed by atoms with E-state index in [1.165, 1.54) is 5.56 Å². The van der Waals surface area contributed by atoms with Gasteiger partial charge in [0.05, 0.1) is 5.69 Å². The highest BCUT2D eigenvalue weighted by atomic mass is 16.2. The number of anilines is 2. The summed E-state index contributed by atoms with van der Waals surface area (Å²) in [5, 5.41) is 5.32. The predicted molar refractivity (Wildman–Crippen MR) is 148 cm³/mol. The van der Waals surface area contributed by atoms with Gasteiger partial charge in [0.25, 0.3) is 0 Å². The zero-order chi connectivity index (χ0) is 25.1. The fraction of sp³-hybridized carbons (Fsp3) is 0.300. The monoisotopic (exact) mass is 479 g/mol. The minimum atomic E-state index is -0.0545. The molecule has 36 heavy (non-hydrogen) atoms. The van der Waals surface area contributed by atoms with E-state index in [1.54, 1.807) is 0 Å². The number of carbonyl (C=O) groups is 1. The molecule has 1 aliphatic heterocycles. The lowest BCUT2D eigenvalue weighted by molar-refractivity contribution is 0.215. The molecular formula is C30H33N5O. The van der Waals surface area contributed by atoms with Gasteiger partial charge in [-0.3, -0.25) is 0 Å². The number of fused-ring (bicyclic) bond motifs is 1. The van der Waals surface area contributed by atoms with Crippen LogP contribution >= 0.6 is 0 Å².